The number of rotatable bonds is 2. The fraction of sp³-hybridized carbons (Fsp3) is 0.200. The molecule has 2 aromatic rings. The molecule has 90 valence electrons. The molecular weight excluding hydrogens is 254 g/mol. The van der Waals surface area contributed by atoms with Gasteiger partial charge >= 0.3 is 6.11 Å². The van der Waals surface area contributed by atoms with Crippen LogP contribution in [-0.4, -0.2) is 15.5 Å². The van der Waals surface area contributed by atoms with Crippen molar-refractivity contribution < 1.29 is 13.5 Å². The van der Waals surface area contributed by atoms with E-state index in [2.05, 4.69) is 9.72 Å². The third kappa shape index (κ3) is 2.52. The zero-order chi connectivity index (χ0) is 12.6. The number of halogens is 3. The lowest BCUT2D eigenvalue weighted by atomic mass is 10.4. The molecular formula is C10H7ClF2N2O2. The van der Waals surface area contributed by atoms with Crippen LogP contribution in [0.15, 0.2) is 29.2 Å². The average molecular weight is 261 g/mol. The largest absolute Gasteiger partial charge is 0.429 e. The van der Waals surface area contributed by atoms with Crippen molar-refractivity contribution in [3.63, 3.8) is 0 Å². The fourth-order valence-corrected chi connectivity index (χ4v) is 1.52. The molecule has 0 aliphatic rings. The van der Waals surface area contributed by atoms with Crippen molar-refractivity contribution in [1.29, 1.82) is 0 Å². The number of nitrogens with zero attached hydrogens (tertiary/aromatic N) is 2. The minimum absolute atomic E-state index is 0.0495. The lowest BCUT2D eigenvalue weighted by Gasteiger charge is -2.14. The Balaban J connectivity index is 2.69. The van der Waals surface area contributed by atoms with Crippen LogP contribution in [0.3, 0.4) is 0 Å². The van der Waals surface area contributed by atoms with Gasteiger partial charge in [-0.1, -0.05) is 11.6 Å². The summed E-state index contributed by atoms with van der Waals surface area (Å²) in [4.78, 5) is 15.3. The monoisotopic (exact) mass is 260 g/mol. The first-order valence-corrected chi connectivity index (χ1v) is 4.99. The molecule has 0 atom stereocenters. The third-order valence-corrected chi connectivity index (χ3v) is 2.11. The number of alkyl halides is 2. The van der Waals surface area contributed by atoms with Crippen molar-refractivity contribution in [1.82, 2.24) is 9.38 Å². The van der Waals surface area contributed by atoms with Gasteiger partial charge in [-0.15, -0.1) is 0 Å². The van der Waals surface area contributed by atoms with Crippen molar-refractivity contribution in [2.24, 2.45) is 0 Å². The lowest BCUT2D eigenvalue weighted by Crippen LogP contribution is -2.21. The number of ether oxygens (including phenoxy) is 1. The highest BCUT2D eigenvalue weighted by atomic mass is 35.5. The molecule has 0 amide bonds. The molecule has 0 aliphatic heterocycles. The van der Waals surface area contributed by atoms with E-state index in [4.69, 9.17) is 11.6 Å². The minimum Gasteiger partial charge on any atom is -0.429 e. The van der Waals surface area contributed by atoms with Gasteiger partial charge in [0.05, 0.1) is 0 Å². The lowest BCUT2D eigenvalue weighted by molar-refractivity contribution is -0.158. The van der Waals surface area contributed by atoms with Crippen LogP contribution in [0, 0.1) is 0 Å². The van der Waals surface area contributed by atoms with Crippen molar-refractivity contribution in [3.05, 3.63) is 39.9 Å². The van der Waals surface area contributed by atoms with Crippen LogP contribution < -0.4 is 10.3 Å². The van der Waals surface area contributed by atoms with E-state index < -0.39 is 11.7 Å². The van der Waals surface area contributed by atoms with E-state index in [0.29, 0.717) is 6.92 Å². The Morgan fingerprint density at radius 2 is 2.24 bits per heavy atom. The van der Waals surface area contributed by atoms with Crippen LogP contribution in [0.5, 0.6) is 5.75 Å². The summed E-state index contributed by atoms with van der Waals surface area (Å²) in [7, 11) is 0. The maximum Gasteiger partial charge on any atom is 0.395 e. The van der Waals surface area contributed by atoms with Crippen LogP contribution in [-0.2, 0) is 0 Å². The topological polar surface area (TPSA) is 43.6 Å². The summed E-state index contributed by atoms with van der Waals surface area (Å²) in [5.41, 5.74) is -0.517. The van der Waals surface area contributed by atoms with Crippen molar-refractivity contribution in [2.45, 2.75) is 13.0 Å². The van der Waals surface area contributed by atoms with E-state index in [1.807, 2.05) is 0 Å². The standard InChI is InChI=1S/C10H7ClF2N2O2/c1-10(12,13)17-6-3-2-4-15-8(16)5-7(11)14-9(6)15/h2-5H,1H3. The van der Waals surface area contributed by atoms with Gasteiger partial charge in [-0.25, -0.2) is 4.98 Å². The highest BCUT2D eigenvalue weighted by molar-refractivity contribution is 6.29. The SMILES string of the molecule is CC(F)(F)Oc1cccn2c(=O)cc(Cl)nc12. The molecule has 0 bridgehead atoms. The van der Waals surface area contributed by atoms with E-state index in [1.165, 1.54) is 18.3 Å². The van der Waals surface area contributed by atoms with Crippen molar-refractivity contribution in [2.75, 3.05) is 0 Å². The summed E-state index contributed by atoms with van der Waals surface area (Å²) in [6.45, 7) is 0.596. The van der Waals surface area contributed by atoms with Gasteiger partial charge in [0.25, 0.3) is 5.56 Å². The van der Waals surface area contributed by atoms with Crippen molar-refractivity contribution in [3.8, 4) is 5.75 Å². The van der Waals surface area contributed by atoms with Gasteiger partial charge in [0.1, 0.15) is 5.15 Å². The first kappa shape index (κ1) is 11.8. The van der Waals surface area contributed by atoms with Gasteiger partial charge in [-0.05, 0) is 12.1 Å². The molecule has 0 fully saturated rings. The Morgan fingerprint density at radius 1 is 1.53 bits per heavy atom. The molecule has 2 aromatic heterocycles. The quantitative estimate of drug-likeness (QED) is 0.779. The molecule has 0 unspecified atom stereocenters. The predicted octanol–water partition coefficient (Wildman–Crippen LogP) is 2.34. The van der Waals surface area contributed by atoms with Gasteiger partial charge in [0.15, 0.2) is 11.4 Å². The van der Waals surface area contributed by atoms with Crippen LogP contribution in [0.2, 0.25) is 5.15 Å². The Morgan fingerprint density at radius 3 is 2.88 bits per heavy atom. The highest BCUT2D eigenvalue weighted by Gasteiger charge is 2.24. The van der Waals surface area contributed by atoms with Crippen LogP contribution in [0.4, 0.5) is 8.78 Å². The molecule has 0 N–H and O–H groups in total. The minimum atomic E-state index is -3.36. The van der Waals surface area contributed by atoms with Crippen LogP contribution >= 0.6 is 11.6 Å². The van der Waals surface area contributed by atoms with Crippen molar-refractivity contribution >= 4 is 17.2 Å². The van der Waals surface area contributed by atoms with Crippen LogP contribution in [0.1, 0.15) is 6.92 Å². The fourth-order valence-electron chi connectivity index (χ4n) is 1.34. The Bertz CT molecular complexity index is 622. The first-order valence-electron chi connectivity index (χ1n) is 4.61. The summed E-state index contributed by atoms with van der Waals surface area (Å²) in [6.07, 6.45) is -1.97. The van der Waals surface area contributed by atoms with E-state index in [0.717, 1.165) is 10.5 Å². The molecule has 2 heterocycles. The first-order chi connectivity index (χ1) is 7.87. The van der Waals surface area contributed by atoms with Gasteiger partial charge in [0.2, 0.25) is 0 Å². The second-order valence-corrected chi connectivity index (χ2v) is 3.78. The number of fused-ring (bicyclic) bond motifs is 1. The summed E-state index contributed by atoms with van der Waals surface area (Å²) >= 11 is 5.60. The number of hydrogen-bond acceptors (Lipinski definition) is 3. The molecule has 4 nitrogen and oxygen atoms in total. The zero-order valence-corrected chi connectivity index (χ0v) is 9.41. The van der Waals surface area contributed by atoms with Gasteiger partial charge in [0, 0.05) is 19.2 Å². The number of aromatic nitrogens is 2. The maximum atomic E-state index is 12.8. The zero-order valence-electron chi connectivity index (χ0n) is 8.65. The van der Waals surface area contributed by atoms with E-state index in [-0.39, 0.29) is 16.5 Å². The summed E-state index contributed by atoms with van der Waals surface area (Å²) in [5, 5.41) is -0.0783. The predicted molar refractivity (Wildman–Crippen MR) is 57.7 cm³/mol. The molecule has 7 heteroatoms. The molecule has 0 radical (unpaired) electrons. The maximum absolute atomic E-state index is 12.8. The average Bonchev–Trinajstić information content (AvgIpc) is 2.17. The smallest absolute Gasteiger partial charge is 0.395 e. The number of pyridine rings is 1. The van der Waals surface area contributed by atoms with Gasteiger partial charge in [-0.2, -0.15) is 8.78 Å². The molecule has 0 aromatic carbocycles. The Labute approximate surface area is 99.4 Å². The Hall–Kier alpha value is -1.69. The molecule has 17 heavy (non-hydrogen) atoms. The molecule has 0 aliphatic carbocycles. The normalized spacial score (nSPS) is 11.8. The molecule has 2 rings (SSSR count). The second-order valence-electron chi connectivity index (χ2n) is 3.39. The highest BCUT2D eigenvalue weighted by Crippen LogP contribution is 2.24. The van der Waals surface area contributed by atoms with E-state index in [9.17, 15) is 13.6 Å². The second kappa shape index (κ2) is 3.96. The van der Waals surface area contributed by atoms with E-state index in [1.54, 1.807) is 0 Å². The van der Waals surface area contributed by atoms with Gasteiger partial charge < -0.3 is 4.74 Å². The summed E-state index contributed by atoms with van der Waals surface area (Å²) in [5.74, 6) is -0.209. The molecule has 0 saturated heterocycles. The molecule has 0 saturated carbocycles. The van der Waals surface area contributed by atoms with Crippen LogP contribution in [0.25, 0.3) is 5.65 Å². The van der Waals surface area contributed by atoms with E-state index >= 15 is 0 Å². The third-order valence-electron chi connectivity index (χ3n) is 1.91. The Kier molecular flexibility index (Phi) is 2.74. The number of hydrogen-bond donors (Lipinski definition) is 0. The summed E-state index contributed by atoms with van der Waals surface area (Å²) < 4.78 is 31.0. The molecule has 0 spiro atoms. The summed E-state index contributed by atoms with van der Waals surface area (Å²) in [6, 6.07) is 3.78. The van der Waals surface area contributed by atoms with Gasteiger partial charge in [-0.3, -0.25) is 9.20 Å².